The molecule has 0 unspecified atom stereocenters. The quantitative estimate of drug-likeness (QED) is 0.652. The molecule has 1 saturated heterocycles. The second kappa shape index (κ2) is 10.5. The van der Waals surface area contributed by atoms with Crippen molar-refractivity contribution >= 4 is 21.8 Å². The summed E-state index contributed by atoms with van der Waals surface area (Å²) in [4.78, 5) is 27.0. The number of benzene rings is 2. The summed E-state index contributed by atoms with van der Waals surface area (Å²) in [5, 5.41) is 2.99. The van der Waals surface area contributed by atoms with Crippen molar-refractivity contribution in [1.82, 2.24) is 14.9 Å². The zero-order chi connectivity index (χ0) is 22.3. The summed E-state index contributed by atoms with van der Waals surface area (Å²) < 4.78 is 24.7. The minimum Gasteiger partial charge on any atom is -0.352 e. The first-order valence-electron chi connectivity index (χ1n) is 10.5. The second-order valence-electron chi connectivity index (χ2n) is 7.88. The van der Waals surface area contributed by atoms with Crippen LogP contribution in [0.25, 0.3) is 0 Å². The molecule has 0 atom stereocenters. The number of carbonyl (C=O) groups is 2. The van der Waals surface area contributed by atoms with Gasteiger partial charge in [-0.15, -0.1) is 0 Å². The van der Waals surface area contributed by atoms with Crippen LogP contribution in [0.4, 0.5) is 0 Å². The van der Waals surface area contributed by atoms with E-state index in [0.29, 0.717) is 51.0 Å². The van der Waals surface area contributed by atoms with Gasteiger partial charge in [0.25, 0.3) is 5.91 Å². The lowest BCUT2D eigenvalue weighted by atomic mass is 9.95. The van der Waals surface area contributed by atoms with E-state index in [4.69, 9.17) is 0 Å². The van der Waals surface area contributed by atoms with Gasteiger partial charge in [-0.2, -0.15) is 0 Å². The van der Waals surface area contributed by atoms with Gasteiger partial charge in [0.05, 0.1) is 6.26 Å². The van der Waals surface area contributed by atoms with Crippen LogP contribution in [0, 0.1) is 5.92 Å². The second-order valence-corrected chi connectivity index (χ2v) is 9.72. The van der Waals surface area contributed by atoms with E-state index in [1.54, 1.807) is 17.0 Å². The van der Waals surface area contributed by atoms with E-state index in [1.165, 1.54) is 0 Å². The predicted molar refractivity (Wildman–Crippen MR) is 120 cm³/mol. The molecule has 3 rings (SSSR count). The van der Waals surface area contributed by atoms with E-state index in [-0.39, 0.29) is 17.7 Å². The number of hydrogen-bond donors (Lipinski definition) is 2. The Balaban J connectivity index is 1.44. The fraction of sp³-hybridized carbons (Fsp3) is 0.391. The first-order valence-corrected chi connectivity index (χ1v) is 12.4. The van der Waals surface area contributed by atoms with Gasteiger partial charge in [0.15, 0.2) is 0 Å². The zero-order valence-electron chi connectivity index (χ0n) is 17.7. The molecule has 8 heteroatoms. The summed E-state index contributed by atoms with van der Waals surface area (Å²) >= 11 is 0. The van der Waals surface area contributed by atoms with Gasteiger partial charge in [-0.25, -0.2) is 13.1 Å². The van der Waals surface area contributed by atoms with Gasteiger partial charge in [-0.05, 0) is 42.5 Å². The lowest BCUT2D eigenvalue weighted by molar-refractivity contribution is -0.126. The van der Waals surface area contributed by atoms with Crippen LogP contribution < -0.4 is 10.0 Å². The number of sulfonamides is 1. The Morgan fingerprint density at radius 1 is 0.968 bits per heavy atom. The van der Waals surface area contributed by atoms with Crippen molar-refractivity contribution in [2.45, 2.75) is 25.8 Å². The molecule has 0 spiro atoms. The molecule has 2 aromatic carbocycles. The smallest absolute Gasteiger partial charge is 0.253 e. The van der Waals surface area contributed by atoms with Crippen molar-refractivity contribution < 1.29 is 18.0 Å². The molecule has 1 fully saturated rings. The van der Waals surface area contributed by atoms with Crippen LogP contribution in [0.1, 0.15) is 34.3 Å². The lowest BCUT2D eigenvalue weighted by Crippen LogP contribution is -2.42. The Kier molecular flexibility index (Phi) is 7.81. The molecule has 2 amide bonds. The van der Waals surface area contributed by atoms with Gasteiger partial charge in [0, 0.05) is 37.7 Å². The number of rotatable bonds is 8. The molecule has 166 valence electrons. The minimum absolute atomic E-state index is 0.0380. The van der Waals surface area contributed by atoms with E-state index in [9.17, 15) is 18.0 Å². The number of nitrogens with one attached hydrogen (secondary N) is 2. The minimum atomic E-state index is -3.20. The van der Waals surface area contributed by atoms with Gasteiger partial charge in [0.1, 0.15) is 0 Å². The Morgan fingerprint density at radius 3 is 2.23 bits per heavy atom. The first-order chi connectivity index (χ1) is 14.8. The van der Waals surface area contributed by atoms with Crippen LogP contribution in [0.5, 0.6) is 0 Å². The van der Waals surface area contributed by atoms with Gasteiger partial charge in [0.2, 0.25) is 15.9 Å². The molecular formula is C23H29N3O4S. The number of carbonyl (C=O) groups excluding carboxylic acids is 2. The molecule has 0 aliphatic carbocycles. The first kappa shape index (κ1) is 23.0. The highest BCUT2D eigenvalue weighted by Crippen LogP contribution is 2.20. The highest BCUT2D eigenvalue weighted by Gasteiger charge is 2.27. The number of piperidine rings is 1. The third kappa shape index (κ3) is 7.18. The standard InChI is InChI=1S/C23H29N3O4S/c1-31(29,30)25-14-11-18-7-9-21(10-8-18)23(28)26-15-12-20(13-16-26)22(27)24-17-19-5-3-2-4-6-19/h2-10,20,25H,11-17H2,1H3,(H,24,27). The van der Waals surface area contributed by atoms with Crippen LogP contribution in [0.2, 0.25) is 0 Å². The third-order valence-electron chi connectivity index (χ3n) is 5.44. The summed E-state index contributed by atoms with van der Waals surface area (Å²) in [6.45, 7) is 1.96. The average Bonchev–Trinajstić information content (AvgIpc) is 2.77. The molecule has 2 aromatic rings. The molecule has 31 heavy (non-hydrogen) atoms. The summed E-state index contributed by atoms with van der Waals surface area (Å²) in [5.41, 5.74) is 2.63. The van der Waals surface area contributed by atoms with E-state index in [2.05, 4.69) is 10.0 Å². The summed E-state index contributed by atoms with van der Waals surface area (Å²) in [6, 6.07) is 17.1. The van der Waals surface area contributed by atoms with Crippen molar-refractivity contribution in [3.8, 4) is 0 Å². The highest BCUT2D eigenvalue weighted by molar-refractivity contribution is 7.88. The largest absolute Gasteiger partial charge is 0.352 e. The van der Waals surface area contributed by atoms with Crippen LogP contribution in [0.15, 0.2) is 54.6 Å². The van der Waals surface area contributed by atoms with Gasteiger partial charge in [-0.3, -0.25) is 9.59 Å². The fourth-order valence-electron chi connectivity index (χ4n) is 3.65. The summed E-state index contributed by atoms with van der Waals surface area (Å²) in [6.07, 6.45) is 3.00. The molecule has 0 saturated carbocycles. The number of hydrogen-bond acceptors (Lipinski definition) is 4. The van der Waals surface area contributed by atoms with E-state index >= 15 is 0 Å². The molecule has 7 nitrogen and oxygen atoms in total. The van der Waals surface area contributed by atoms with Crippen molar-refractivity contribution in [3.63, 3.8) is 0 Å². The molecule has 1 aliphatic rings. The van der Waals surface area contributed by atoms with Crippen LogP contribution in [-0.2, 0) is 27.8 Å². The van der Waals surface area contributed by atoms with Crippen LogP contribution >= 0.6 is 0 Å². The maximum Gasteiger partial charge on any atom is 0.253 e. The Bertz CT molecular complexity index is 983. The average molecular weight is 444 g/mol. The van der Waals surface area contributed by atoms with Crippen molar-refractivity contribution in [1.29, 1.82) is 0 Å². The Labute approximate surface area is 183 Å². The third-order valence-corrected chi connectivity index (χ3v) is 6.17. The maximum absolute atomic E-state index is 12.8. The monoisotopic (exact) mass is 443 g/mol. The SMILES string of the molecule is CS(=O)(=O)NCCc1ccc(C(=O)N2CCC(C(=O)NCc3ccccc3)CC2)cc1. The summed E-state index contributed by atoms with van der Waals surface area (Å²) in [5.74, 6) is -0.0653. The normalized spacial score (nSPS) is 14.9. The van der Waals surface area contributed by atoms with Gasteiger partial charge >= 0.3 is 0 Å². The van der Waals surface area contributed by atoms with E-state index < -0.39 is 10.0 Å². The molecular weight excluding hydrogens is 414 g/mol. The molecule has 0 aromatic heterocycles. The van der Waals surface area contributed by atoms with Crippen LogP contribution in [0.3, 0.4) is 0 Å². The number of likely N-dealkylation sites (tertiary alicyclic amines) is 1. The van der Waals surface area contributed by atoms with Crippen molar-refractivity contribution in [2.75, 3.05) is 25.9 Å². The van der Waals surface area contributed by atoms with Crippen molar-refractivity contribution in [2.24, 2.45) is 5.92 Å². The molecule has 1 aliphatic heterocycles. The number of amides is 2. The molecule has 2 N–H and O–H groups in total. The maximum atomic E-state index is 12.8. The lowest BCUT2D eigenvalue weighted by Gasteiger charge is -2.31. The van der Waals surface area contributed by atoms with E-state index in [1.807, 2.05) is 42.5 Å². The summed E-state index contributed by atoms with van der Waals surface area (Å²) in [7, 11) is -3.20. The topological polar surface area (TPSA) is 95.6 Å². The molecule has 0 bridgehead atoms. The van der Waals surface area contributed by atoms with Gasteiger partial charge < -0.3 is 10.2 Å². The zero-order valence-corrected chi connectivity index (χ0v) is 18.5. The number of nitrogens with zero attached hydrogens (tertiary/aromatic N) is 1. The molecule has 0 radical (unpaired) electrons. The Morgan fingerprint density at radius 2 is 1.61 bits per heavy atom. The Hall–Kier alpha value is -2.71. The molecule has 1 heterocycles. The van der Waals surface area contributed by atoms with Crippen LogP contribution in [-0.4, -0.2) is 51.0 Å². The highest BCUT2D eigenvalue weighted by atomic mass is 32.2. The fourth-order valence-corrected chi connectivity index (χ4v) is 4.12. The van der Waals surface area contributed by atoms with E-state index in [0.717, 1.165) is 17.4 Å². The van der Waals surface area contributed by atoms with Crippen molar-refractivity contribution in [3.05, 3.63) is 71.3 Å². The van der Waals surface area contributed by atoms with Gasteiger partial charge in [-0.1, -0.05) is 42.5 Å². The predicted octanol–water partition coefficient (Wildman–Crippen LogP) is 1.95.